The molecule has 2 aromatic heterocycles. The predicted molar refractivity (Wildman–Crippen MR) is 129 cm³/mol. The molecule has 3 nitrogen and oxygen atoms in total. The fourth-order valence-corrected chi connectivity index (χ4v) is 4.32. The van der Waals surface area contributed by atoms with Crippen LogP contribution in [0.4, 0.5) is 0 Å². The third-order valence-corrected chi connectivity index (χ3v) is 6.04. The highest BCUT2D eigenvalue weighted by Gasteiger charge is 2.16. The summed E-state index contributed by atoms with van der Waals surface area (Å²) in [5, 5.41) is 12.4. The molecule has 5 rings (SSSR count). The summed E-state index contributed by atoms with van der Waals surface area (Å²) in [5.74, 6) is 1.10. The number of pyridine rings is 1. The molecule has 0 fully saturated rings. The van der Waals surface area contributed by atoms with Crippen molar-refractivity contribution in [2.75, 3.05) is 0 Å². The quantitative estimate of drug-likeness (QED) is 0.338. The predicted octanol–water partition coefficient (Wildman–Crippen LogP) is 7.16. The zero-order chi connectivity index (χ0) is 21.8. The van der Waals surface area contributed by atoms with Gasteiger partial charge in [-0.25, -0.2) is 4.98 Å². The number of fused-ring (bicyclic) bond motifs is 3. The van der Waals surface area contributed by atoms with Crippen molar-refractivity contribution in [3.05, 3.63) is 90.1 Å². The third-order valence-electron chi connectivity index (χ3n) is 6.04. The maximum Gasteiger partial charge on any atom is 0.137 e. The number of phenols is 1. The number of para-hydroxylation sites is 1. The first-order valence-corrected chi connectivity index (χ1v) is 10.6. The summed E-state index contributed by atoms with van der Waals surface area (Å²) in [5.41, 5.74) is 6.96. The number of rotatable bonds is 2. The first-order valence-electron chi connectivity index (χ1n) is 10.6. The molecule has 5 aromatic rings. The molecule has 0 saturated heterocycles. The SMILES string of the molecule is Cc1cc(-n2c3ccccc3c3ccc(O)cc32)ncc1-c1ccc(C(C)(C)C)cc1. The normalized spacial score (nSPS) is 12.0. The largest absolute Gasteiger partial charge is 0.508 e. The number of phenolic OH excluding ortho intramolecular Hbond substituents is 1. The maximum atomic E-state index is 10.1. The van der Waals surface area contributed by atoms with Crippen molar-refractivity contribution in [3.63, 3.8) is 0 Å². The van der Waals surface area contributed by atoms with E-state index in [1.54, 1.807) is 6.07 Å². The lowest BCUT2D eigenvalue weighted by Crippen LogP contribution is -2.10. The molecule has 3 aromatic carbocycles. The zero-order valence-corrected chi connectivity index (χ0v) is 18.3. The van der Waals surface area contributed by atoms with Crippen molar-refractivity contribution in [2.24, 2.45) is 0 Å². The van der Waals surface area contributed by atoms with E-state index >= 15 is 0 Å². The Bertz CT molecular complexity index is 1420. The average Bonchev–Trinajstić information content (AvgIpc) is 3.06. The number of aryl methyl sites for hydroxylation is 1. The van der Waals surface area contributed by atoms with Crippen LogP contribution in [0.3, 0.4) is 0 Å². The van der Waals surface area contributed by atoms with Gasteiger partial charge in [-0.15, -0.1) is 0 Å². The van der Waals surface area contributed by atoms with Gasteiger partial charge in [-0.1, -0.05) is 63.2 Å². The van der Waals surface area contributed by atoms with E-state index in [9.17, 15) is 5.11 Å². The summed E-state index contributed by atoms with van der Waals surface area (Å²) in [6.07, 6.45) is 1.96. The van der Waals surface area contributed by atoms with E-state index in [4.69, 9.17) is 4.98 Å². The van der Waals surface area contributed by atoms with Crippen molar-refractivity contribution in [2.45, 2.75) is 33.1 Å². The van der Waals surface area contributed by atoms with Crippen LogP contribution in [0.5, 0.6) is 5.75 Å². The van der Waals surface area contributed by atoms with Crippen molar-refractivity contribution in [1.29, 1.82) is 0 Å². The molecular formula is C28H26N2O. The van der Waals surface area contributed by atoms with Crippen LogP contribution in [0.2, 0.25) is 0 Å². The molecule has 0 radical (unpaired) electrons. The van der Waals surface area contributed by atoms with E-state index in [0.29, 0.717) is 0 Å². The van der Waals surface area contributed by atoms with Gasteiger partial charge >= 0.3 is 0 Å². The molecule has 0 aliphatic heterocycles. The summed E-state index contributed by atoms with van der Waals surface area (Å²) < 4.78 is 2.13. The molecule has 0 spiro atoms. The van der Waals surface area contributed by atoms with Crippen LogP contribution in [0.15, 0.2) is 79.0 Å². The average molecular weight is 407 g/mol. The standard InChI is InChI=1S/C28H26N2O/c1-18-15-27(29-17-24(18)19-9-11-20(12-10-19)28(2,3)4)30-25-8-6-5-7-22(25)23-14-13-21(31)16-26(23)30/h5-17,31H,1-4H3. The summed E-state index contributed by atoms with van der Waals surface area (Å²) >= 11 is 0. The van der Waals surface area contributed by atoms with E-state index in [1.165, 1.54) is 16.7 Å². The van der Waals surface area contributed by atoms with Crippen molar-refractivity contribution >= 4 is 21.8 Å². The molecule has 0 bridgehead atoms. The van der Waals surface area contributed by atoms with E-state index in [-0.39, 0.29) is 11.2 Å². The highest BCUT2D eigenvalue weighted by atomic mass is 16.3. The Balaban J connectivity index is 1.65. The second-order valence-corrected chi connectivity index (χ2v) is 9.24. The van der Waals surface area contributed by atoms with Crippen molar-refractivity contribution < 1.29 is 5.11 Å². The number of aromatic hydroxyl groups is 1. The Morgan fingerprint density at radius 2 is 1.52 bits per heavy atom. The van der Waals surface area contributed by atoms with Crippen molar-refractivity contribution in [1.82, 2.24) is 9.55 Å². The molecule has 0 aliphatic carbocycles. The molecule has 154 valence electrons. The zero-order valence-electron chi connectivity index (χ0n) is 18.3. The molecule has 1 N–H and O–H groups in total. The van der Waals surface area contributed by atoms with Crippen LogP contribution >= 0.6 is 0 Å². The fraction of sp³-hybridized carbons (Fsp3) is 0.179. The summed E-state index contributed by atoms with van der Waals surface area (Å²) in [4.78, 5) is 4.84. The van der Waals surface area contributed by atoms with Gasteiger partial charge in [-0.2, -0.15) is 0 Å². The second kappa shape index (κ2) is 6.98. The van der Waals surface area contributed by atoms with Crippen LogP contribution < -0.4 is 0 Å². The fourth-order valence-electron chi connectivity index (χ4n) is 4.32. The van der Waals surface area contributed by atoms with Crippen LogP contribution in [-0.4, -0.2) is 14.7 Å². The number of benzene rings is 3. The molecule has 0 amide bonds. The smallest absolute Gasteiger partial charge is 0.137 e. The van der Waals surface area contributed by atoms with Crippen LogP contribution in [0, 0.1) is 6.92 Å². The lowest BCUT2D eigenvalue weighted by Gasteiger charge is -2.19. The minimum Gasteiger partial charge on any atom is -0.508 e. The van der Waals surface area contributed by atoms with E-state index in [1.807, 2.05) is 30.5 Å². The van der Waals surface area contributed by atoms with Gasteiger partial charge in [-0.3, -0.25) is 4.57 Å². The number of hydrogen-bond donors (Lipinski definition) is 1. The summed E-state index contributed by atoms with van der Waals surface area (Å²) in [7, 11) is 0. The molecule has 0 aliphatic rings. The third kappa shape index (κ3) is 3.27. The summed E-state index contributed by atoms with van der Waals surface area (Å²) in [6.45, 7) is 8.82. The summed E-state index contributed by atoms with van der Waals surface area (Å²) in [6, 6.07) is 24.7. The van der Waals surface area contributed by atoms with Crippen molar-refractivity contribution in [3.8, 4) is 22.7 Å². The van der Waals surface area contributed by atoms with Gasteiger partial charge in [0.1, 0.15) is 11.6 Å². The molecule has 31 heavy (non-hydrogen) atoms. The molecule has 2 heterocycles. The van der Waals surface area contributed by atoms with Gasteiger partial charge < -0.3 is 5.11 Å². The Kier molecular flexibility index (Phi) is 4.37. The minimum atomic E-state index is 0.137. The number of aromatic nitrogens is 2. The van der Waals surface area contributed by atoms with Gasteiger partial charge in [-0.05, 0) is 53.3 Å². The van der Waals surface area contributed by atoms with Crippen LogP contribution in [-0.2, 0) is 5.41 Å². The molecule has 3 heteroatoms. The molecular weight excluding hydrogens is 380 g/mol. The van der Waals surface area contributed by atoms with E-state index in [2.05, 4.69) is 74.7 Å². The van der Waals surface area contributed by atoms with Crippen LogP contribution in [0.25, 0.3) is 38.8 Å². The van der Waals surface area contributed by atoms with Gasteiger partial charge in [0.2, 0.25) is 0 Å². The Hall–Kier alpha value is -3.59. The van der Waals surface area contributed by atoms with Gasteiger partial charge in [0.25, 0.3) is 0 Å². The van der Waals surface area contributed by atoms with Gasteiger partial charge in [0.05, 0.1) is 11.0 Å². The first-order chi connectivity index (χ1) is 14.8. The molecule has 0 saturated carbocycles. The van der Waals surface area contributed by atoms with E-state index in [0.717, 1.165) is 33.2 Å². The van der Waals surface area contributed by atoms with E-state index < -0.39 is 0 Å². The Morgan fingerprint density at radius 3 is 2.23 bits per heavy atom. The monoisotopic (exact) mass is 406 g/mol. The lowest BCUT2D eigenvalue weighted by molar-refractivity contribution is 0.476. The minimum absolute atomic E-state index is 0.137. The topological polar surface area (TPSA) is 38.0 Å². The van der Waals surface area contributed by atoms with Crippen LogP contribution in [0.1, 0.15) is 31.9 Å². The Morgan fingerprint density at radius 1 is 0.806 bits per heavy atom. The highest BCUT2D eigenvalue weighted by molar-refractivity contribution is 6.09. The second-order valence-electron chi connectivity index (χ2n) is 9.24. The first kappa shape index (κ1) is 19.4. The molecule has 0 unspecified atom stereocenters. The maximum absolute atomic E-state index is 10.1. The highest BCUT2D eigenvalue weighted by Crippen LogP contribution is 2.34. The number of hydrogen-bond acceptors (Lipinski definition) is 2. The Labute approximate surface area is 182 Å². The lowest BCUT2D eigenvalue weighted by atomic mass is 9.86. The number of nitrogens with zero attached hydrogens (tertiary/aromatic N) is 2. The van der Waals surface area contributed by atoms with Gasteiger partial charge in [0, 0.05) is 28.6 Å². The van der Waals surface area contributed by atoms with Gasteiger partial charge in [0.15, 0.2) is 0 Å². The molecule has 0 atom stereocenters.